The number of pyridine rings is 3. The molecule has 0 spiro atoms. The van der Waals surface area contributed by atoms with E-state index in [1.807, 2.05) is 137 Å². The number of aryl methyl sites for hydroxylation is 3. The molecule has 3 aromatic heterocycles. The summed E-state index contributed by atoms with van der Waals surface area (Å²) in [4.78, 5) is 91.5. The summed E-state index contributed by atoms with van der Waals surface area (Å²) >= 11 is 0. The lowest BCUT2D eigenvalue weighted by Gasteiger charge is -2.19. The number of nitrogens with zero attached hydrogens (tertiary/aromatic N) is 3. The molecule has 12 heteroatoms. The Hall–Kier alpha value is -11.4. The molecule has 3 amide bonds. The molecule has 12 nitrogen and oxygen atoms in total. The molecule has 0 aliphatic carbocycles. The van der Waals surface area contributed by atoms with Gasteiger partial charge in [0.2, 0.25) is 0 Å². The van der Waals surface area contributed by atoms with Crippen molar-refractivity contribution in [2.75, 3.05) is 19.6 Å². The summed E-state index contributed by atoms with van der Waals surface area (Å²) in [5.74, 6) is 0.584. The molecule has 570 valence electrons. The van der Waals surface area contributed by atoms with Crippen LogP contribution in [0.3, 0.4) is 0 Å². The lowest BCUT2D eigenvalue weighted by molar-refractivity contribution is 0.0932. The molecule has 0 bridgehead atoms. The Kier molecular flexibility index (Phi) is 29.1. The van der Waals surface area contributed by atoms with Gasteiger partial charge in [-0.05, 0) is 215 Å². The number of fused-ring (bicyclic) bond motifs is 3. The zero-order valence-corrected chi connectivity index (χ0v) is 67.0. The fourth-order valence-corrected chi connectivity index (χ4v) is 14.1. The molecule has 3 heterocycles. The molecule has 0 aliphatic heterocycles. The number of aromatic nitrogens is 3. The molecule has 3 N–H and O–H groups in total. The van der Waals surface area contributed by atoms with Gasteiger partial charge in [-0.15, -0.1) is 0 Å². The van der Waals surface area contributed by atoms with Gasteiger partial charge in [0.25, 0.3) is 17.7 Å². The van der Waals surface area contributed by atoms with Crippen LogP contribution in [-0.4, -0.2) is 69.7 Å². The Morgan fingerprint density at radius 3 is 0.937 bits per heavy atom. The summed E-state index contributed by atoms with van der Waals surface area (Å²) in [7, 11) is 0. The second kappa shape index (κ2) is 39.3. The van der Waals surface area contributed by atoms with E-state index >= 15 is 0 Å². The van der Waals surface area contributed by atoms with Crippen LogP contribution < -0.4 is 16.0 Å². The minimum absolute atomic E-state index is 0.0283. The van der Waals surface area contributed by atoms with Gasteiger partial charge in [-0.2, -0.15) is 0 Å². The molecular formula is C99H108N6O6. The molecule has 0 saturated carbocycles. The number of rotatable bonds is 29. The van der Waals surface area contributed by atoms with Gasteiger partial charge < -0.3 is 16.0 Å². The molecule has 0 unspecified atom stereocenters. The molecule has 9 aromatic carbocycles. The number of carbonyl (C=O) groups excluding carboxylic acids is 6. The van der Waals surface area contributed by atoms with Crippen molar-refractivity contribution in [1.29, 1.82) is 0 Å². The van der Waals surface area contributed by atoms with Crippen LogP contribution in [0.25, 0.3) is 66.1 Å². The van der Waals surface area contributed by atoms with Gasteiger partial charge in [0, 0.05) is 107 Å². The minimum atomic E-state index is -0.111. The number of amides is 3. The smallest absolute Gasteiger partial charge is 0.251 e. The summed E-state index contributed by atoms with van der Waals surface area (Å²) in [6, 6.07) is 67.4. The van der Waals surface area contributed by atoms with Crippen molar-refractivity contribution in [2.45, 2.75) is 167 Å². The van der Waals surface area contributed by atoms with Crippen LogP contribution in [0.5, 0.6) is 0 Å². The first-order valence-corrected chi connectivity index (χ1v) is 39.7. The average molecular weight is 1480 g/mol. The van der Waals surface area contributed by atoms with Crippen molar-refractivity contribution in [1.82, 2.24) is 30.9 Å². The van der Waals surface area contributed by atoms with Crippen molar-refractivity contribution in [3.63, 3.8) is 0 Å². The molecule has 12 aromatic rings. The van der Waals surface area contributed by atoms with E-state index in [1.54, 1.807) is 18.6 Å². The number of hydrogen-bond donors (Lipinski definition) is 3. The SMILES string of the molecule is CCCCNC(=O)c1ccc(-c2ccc3ncc(C(=O)CC(C)(C)C)c(Cc4ccccc4)c3c2)cc1C.CCCCNC(=O)c1ccc(-c2ccc3ncc(C(=O)CC(C)C)c(Cc4ccccc4)c3c2)cc1C.CCCCNC(=O)c1ccc(-c2ccc3ncc(C(=O)CCC)c(Cc4ccccc4)c3c2)cc1C. The van der Waals surface area contributed by atoms with Crippen molar-refractivity contribution < 1.29 is 28.8 Å². The summed E-state index contributed by atoms with van der Waals surface area (Å²) < 4.78 is 0. The number of hydrogen-bond acceptors (Lipinski definition) is 9. The molecule has 111 heavy (non-hydrogen) atoms. The maximum atomic E-state index is 13.4. The third-order valence-electron chi connectivity index (χ3n) is 20.1. The molecular weight excluding hydrogens is 1370 g/mol. The number of ketones is 3. The first-order valence-electron chi connectivity index (χ1n) is 39.7. The summed E-state index contributed by atoms with van der Waals surface area (Å²) in [5.41, 5.74) is 22.3. The third-order valence-corrected chi connectivity index (χ3v) is 20.1. The van der Waals surface area contributed by atoms with Gasteiger partial charge in [-0.3, -0.25) is 43.7 Å². The number of benzene rings is 9. The molecule has 0 fully saturated rings. The van der Waals surface area contributed by atoms with Crippen LogP contribution in [0.4, 0.5) is 0 Å². The normalized spacial score (nSPS) is 11.2. The second-order valence-electron chi connectivity index (χ2n) is 30.9. The fourth-order valence-electron chi connectivity index (χ4n) is 14.1. The largest absolute Gasteiger partial charge is 0.352 e. The van der Waals surface area contributed by atoms with Crippen LogP contribution in [0, 0.1) is 32.1 Å². The van der Waals surface area contributed by atoms with Gasteiger partial charge in [0.05, 0.1) is 16.6 Å². The van der Waals surface area contributed by atoms with Crippen LogP contribution in [-0.2, 0) is 19.3 Å². The van der Waals surface area contributed by atoms with E-state index in [0.29, 0.717) is 91.5 Å². The van der Waals surface area contributed by atoms with E-state index in [2.05, 4.69) is 177 Å². The fraction of sp³-hybridized carbons (Fsp3) is 0.303. The second-order valence-corrected chi connectivity index (χ2v) is 30.9. The molecule has 0 radical (unpaired) electrons. The predicted octanol–water partition coefficient (Wildman–Crippen LogP) is 22.8. The lowest BCUT2D eigenvalue weighted by atomic mass is 9.85. The maximum absolute atomic E-state index is 13.4. The Morgan fingerprint density at radius 2 is 0.649 bits per heavy atom. The van der Waals surface area contributed by atoms with E-state index in [1.165, 1.54) is 0 Å². The van der Waals surface area contributed by atoms with Gasteiger partial charge >= 0.3 is 0 Å². The van der Waals surface area contributed by atoms with Crippen molar-refractivity contribution in [3.05, 3.63) is 302 Å². The highest BCUT2D eigenvalue weighted by molar-refractivity contribution is 6.05. The zero-order valence-electron chi connectivity index (χ0n) is 67.0. The Morgan fingerprint density at radius 1 is 0.351 bits per heavy atom. The first kappa shape index (κ1) is 82.1. The predicted molar refractivity (Wildman–Crippen MR) is 457 cm³/mol. The Balaban J connectivity index is 0.000000177. The highest BCUT2D eigenvalue weighted by Gasteiger charge is 2.25. The number of unbranched alkanes of at least 4 members (excludes halogenated alkanes) is 3. The van der Waals surface area contributed by atoms with Crippen molar-refractivity contribution in [2.24, 2.45) is 11.3 Å². The van der Waals surface area contributed by atoms with Gasteiger partial charge in [0.1, 0.15) is 0 Å². The number of carbonyl (C=O) groups is 6. The number of nitrogens with one attached hydrogen (secondary N) is 3. The Labute approximate surface area is 656 Å². The molecule has 0 aliphatic rings. The third kappa shape index (κ3) is 22.0. The average Bonchev–Trinajstić information content (AvgIpc) is 0.784. The van der Waals surface area contributed by atoms with Crippen molar-refractivity contribution in [3.8, 4) is 33.4 Å². The highest BCUT2D eigenvalue weighted by atomic mass is 16.2. The highest BCUT2D eigenvalue weighted by Crippen LogP contribution is 2.36. The molecule has 0 atom stereocenters. The summed E-state index contributed by atoms with van der Waals surface area (Å²) in [6.07, 6.45) is 15.6. The zero-order chi connectivity index (χ0) is 79.1. The quantitative estimate of drug-likeness (QED) is 0.0304. The molecule has 12 rings (SSSR count). The summed E-state index contributed by atoms with van der Waals surface area (Å²) in [6.45, 7) is 26.8. The van der Waals surface area contributed by atoms with Crippen LogP contribution in [0.15, 0.2) is 219 Å². The van der Waals surface area contributed by atoms with E-state index in [0.717, 1.165) is 161 Å². The van der Waals surface area contributed by atoms with Crippen molar-refractivity contribution >= 4 is 67.8 Å². The maximum Gasteiger partial charge on any atom is 0.251 e. The van der Waals surface area contributed by atoms with E-state index in [-0.39, 0.29) is 46.4 Å². The van der Waals surface area contributed by atoms with E-state index < -0.39 is 0 Å². The van der Waals surface area contributed by atoms with Gasteiger partial charge in [-0.1, -0.05) is 227 Å². The molecule has 0 saturated heterocycles. The first-order chi connectivity index (χ1) is 53.5. The Bertz CT molecular complexity index is 5270. The van der Waals surface area contributed by atoms with Gasteiger partial charge in [0.15, 0.2) is 17.3 Å². The number of Topliss-reactive ketones (excluding diaryl/α,β-unsaturated/α-hetero) is 3. The topological polar surface area (TPSA) is 177 Å². The van der Waals surface area contributed by atoms with E-state index in [4.69, 9.17) is 0 Å². The standard InChI is InChI=1S/C34H38N2O2.C33H36N2O2.C32H34N2O2/c1-6-7-17-35-33(38)27-15-13-25(18-23(27)2)26-14-16-31-29(20-26)28(19-24-11-9-8-10-12-24)30(22-36-31)32(37)21-34(3,4)5;1-5-6-16-34-33(37)27-14-12-25(18-23(27)4)26-13-15-31-29(20-26)28(19-24-10-8-7-9-11-24)30(21-35-31)32(36)17-22(2)3;1-4-6-17-33-32(36)26-15-13-24(18-22(26)3)25-14-16-30-28(20-25)27(19-23-11-8-7-9-12-23)29(21-34-30)31(35)10-5-2/h8-16,18,20,22H,6-7,17,19,21H2,1-5H3,(H,35,38);7-15,18,20-22H,5-6,16-17,19H2,1-4H3,(H,34,37);7-9,11-16,18,20-21H,4-6,10,17,19H2,1-3H3,(H,33,36). The summed E-state index contributed by atoms with van der Waals surface area (Å²) in [5, 5.41) is 12.0. The minimum Gasteiger partial charge on any atom is -0.352 e. The van der Waals surface area contributed by atoms with Gasteiger partial charge in [-0.25, -0.2) is 0 Å². The van der Waals surface area contributed by atoms with Crippen LogP contribution in [0.2, 0.25) is 0 Å². The van der Waals surface area contributed by atoms with E-state index in [9.17, 15) is 28.8 Å². The van der Waals surface area contributed by atoms with Crippen LogP contribution in [0.1, 0.15) is 239 Å². The van der Waals surface area contributed by atoms with Crippen LogP contribution >= 0.6 is 0 Å². The monoisotopic (exact) mass is 1480 g/mol. The lowest BCUT2D eigenvalue weighted by Crippen LogP contribution is -2.25.